The minimum atomic E-state index is -0.117. The summed E-state index contributed by atoms with van der Waals surface area (Å²) < 4.78 is 1.94. The molecule has 2 rings (SSSR count). The van der Waals surface area contributed by atoms with Gasteiger partial charge in [0, 0.05) is 13.0 Å². The number of hydrogen-bond donors (Lipinski definition) is 0. The predicted octanol–water partition coefficient (Wildman–Crippen LogP) is 2.02. The highest BCUT2D eigenvalue weighted by atomic mass is 16.2. The molecule has 1 unspecified atom stereocenters. The normalized spacial score (nSPS) is 18.5. The highest BCUT2D eigenvalue weighted by Gasteiger charge is 2.31. The van der Waals surface area contributed by atoms with E-state index in [2.05, 4.69) is 30.9 Å². The van der Waals surface area contributed by atoms with Crippen LogP contribution in [0.3, 0.4) is 0 Å². The van der Waals surface area contributed by atoms with Crippen LogP contribution in [-0.2, 0) is 10.3 Å². The standard InChI is InChI=1S/C13H22N4O/c1-9(16-8-6-7-11(16)18)12-14-10(2)15-17(12)13(3,4)5/h9H,6-8H2,1-5H3. The van der Waals surface area contributed by atoms with Crippen LogP contribution in [0.2, 0.25) is 0 Å². The summed E-state index contributed by atoms with van der Waals surface area (Å²) in [4.78, 5) is 18.2. The second-order valence-corrected chi connectivity index (χ2v) is 5.97. The molecular weight excluding hydrogens is 228 g/mol. The number of hydrogen-bond acceptors (Lipinski definition) is 3. The molecule has 0 aromatic carbocycles. The van der Waals surface area contributed by atoms with Crippen LogP contribution in [-0.4, -0.2) is 32.1 Å². The molecule has 0 radical (unpaired) electrons. The van der Waals surface area contributed by atoms with Gasteiger partial charge in [0.1, 0.15) is 11.6 Å². The van der Waals surface area contributed by atoms with Gasteiger partial charge in [-0.05, 0) is 41.0 Å². The number of carbonyl (C=O) groups is 1. The molecule has 0 bridgehead atoms. The minimum Gasteiger partial charge on any atom is -0.333 e. The first-order valence-electron chi connectivity index (χ1n) is 6.54. The minimum absolute atomic E-state index is 0.000394. The average molecular weight is 250 g/mol. The van der Waals surface area contributed by atoms with E-state index in [1.165, 1.54) is 0 Å². The van der Waals surface area contributed by atoms with Crippen LogP contribution in [0, 0.1) is 6.92 Å². The maximum atomic E-state index is 11.8. The number of nitrogens with zero attached hydrogens (tertiary/aromatic N) is 4. The first kappa shape index (κ1) is 13.1. The molecule has 5 nitrogen and oxygen atoms in total. The fourth-order valence-corrected chi connectivity index (χ4v) is 2.41. The van der Waals surface area contributed by atoms with E-state index in [-0.39, 0.29) is 17.5 Å². The lowest BCUT2D eigenvalue weighted by atomic mass is 10.1. The Kier molecular flexibility index (Phi) is 3.17. The molecule has 1 aliphatic heterocycles. The molecule has 100 valence electrons. The Morgan fingerprint density at radius 3 is 2.50 bits per heavy atom. The third kappa shape index (κ3) is 2.26. The second kappa shape index (κ2) is 4.37. The monoisotopic (exact) mass is 250 g/mol. The SMILES string of the molecule is Cc1nc(C(C)N2CCCC2=O)n(C(C)(C)C)n1. The van der Waals surface area contributed by atoms with Gasteiger partial charge in [0.2, 0.25) is 5.91 Å². The van der Waals surface area contributed by atoms with Crippen molar-refractivity contribution in [1.29, 1.82) is 0 Å². The van der Waals surface area contributed by atoms with Crippen LogP contribution >= 0.6 is 0 Å². The summed E-state index contributed by atoms with van der Waals surface area (Å²) in [5.41, 5.74) is -0.117. The van der Waals surface area contributed by atoms with Crippen molar-refractivity contribution in [3.8, 4) is 0 Å². The van der Waals surface area contributed by atoms with Crippen LogP contribution in [0.25, 0.3) is 0 Å². The molecule has 1 atom stereocenters. The van der Waals surface area contributed by atoms with Gasteiger partial charge in [0.05, 0.1) is 11.6 Å². The largest absolute Gasteiger partial charge is 0.333 e. The van der Waals surface area contributed by atoms with Gasteiger partial charge in [0.25, 0.3) is 0 Å². The van der Waals surface area contributed by atoms with Crippen molar-refractivity contribution in [3.05, 3.63) is 11.6 Å². The average Bonchev–Trinajstić information content (AvgIpc) is 2.82. The number of likely N-dealkylation sites (tertiary alicyclic amines) is 1. The number of carbonyl (C=O) groups excluding carboxylic acids is 1. The van der Waals surface area contributed by atoms with Gasteiger partial charge in [-0.1, -0.05) is 0 Å². The third-order valence-electron chi connectivity index (χ3n) is 3.32. The van der Waals surface area contributed by atoms with Crippen molar-refractivity contribution in [2.75, 3.05) is 6.54 Å². The molecule has 18 heavy (non-hydrogen) atoms. The maximum absolute atomic E-state index is 11.8. The van der Waals surface area contributed by atoms with Crippen molar-refractivity contribution in [1.82, 2.24) is 19.7 Å². The molecular formula is C13H22N4O. The van der Waals surface area contributed by atoms with Gasteiger partial charge in [-0.2, -0.15) is 5.10 Å². The molecule has 1 amide bonds. The number of aromatic nitrogens is 3. The Balaban J connectivity index is 2.35. The first-order valence-corrected chi connectivity index (χ1v) is 6.54. The molecule has 0 N–H and O–H groups in total. The third-order valence-corrected chi connectivity index (χ3v) is 3.32. The maximum Gasteiger partial charge on any atom is 0.223 e. The fraction of sp³-hybridized carbons (Fsp3) is 0.769. The van der Waals surface area contributed by atoms with Crippen LogP contribution in [0.4, 0.5) is 0 Å². The van der Waals surface area contributed by atoms with E-state index in [1.807, 2.05) is 23.4 Å². The van der Waals surface area contributed by atoms with Crippen molar-refractivity contribution >= 4 is 5.91 Å². The van der Waals surface area contributed by atoms with E-state index in [0.717, 1.165) is 24.6 Å². The zero-order valence-electron chi connectivity index (χ0n) is 11.9. The van der Waals surface area contributed by atoms with Crippen molar-refractivity contribution in [2.45, 2.75) is 59.0 Å². The van der Waals surface area contributed by atoms with Crippen LogP contribution in [0.1, 0.15) is 58.2 Å². The van der Waals surface area contributed by atoms with Crippen molar-refractivity contribution < 1.29 is 4.79 Å². The van der Waals surface area contributed by atoms with Gasteiger partial charge in [-0.25, -0.2) is 9.67 Å². The molecule has 5 heteroatoms. The summed E-state index contributed by atoms with van der Waals surface area (Å²) in [5, 5.41) is 4.47. The van der Waals surface area contributed by atoms with E-state index in [9.17, 15) is 4.79 Å². The molecule has 1 aliphatic rings. The molecule has 0 saturated carbocycles. The van der Waals surface area contributed by atoms with Gasteiger partial charge in [0.15, 0.2) is 0 Å². The topological polar surface area (TPSA) is 51.0 Å². The molecule has 0 aliphatic carbocycles. The lowest BCUT2D eigenvalue weighted by Crippen LogP contribution is -2.33. The van der Waals surface area contributed by atoms with E-state index >= 15 is 0 Å². The van der Waals surface area contributed by atoms with Crippen molar-refractivity contribution in [2.24, 2.45) is 0 Å². The van der Waals surface area contributed by atoms with E-state index in [4.69, 9.17) is 0 Å². The molecule has 2 heterocycles. The van der Waals surface area contributed by atoms with Gasteiger partial charge >= 0.3 is 0 Å². The molecule has 1 aromatic heterocycles. The summed E-state index contributed by atoms with van der Waals surface area (Å²) >= 11 is 0. The Bertz CT molecular complexity index is 458. The highest BCUT2D eigenvalue weighted by Crippen LogP contribution is 2.27. The smallest absolute Gasteiger partial charge is 0.223 e. The van der Waals surface area contributed by atoms with Crippen LogP contribution in [0.5, 0.6) is 0 Å². The number of rotatable bonds is 2. The molecule has 1 aromatic rings. The summed E-state index contributed by atoms with van der Waals surface area (Å²) in [7, 11) is 0. The highest BCUT2D eigenvalue weighted by molar-refractivity contribution is 5.78. The Labute approximate surface area is 108 Å². The van der Waals surface area contributed by atoms with Crippen molar-refractivity contribution in [3.63, 3.8) is 0 Å². The molecule has 1 fully saturated rings. The van der Waals surface area contributed by atoms with E-state index in [1.54, 1.807) is 0 Å². The first-order chi connectivity index (χ1) is 8.30. The van der Waals surface area contributed by atoms with E-state index < -0.39 is 0 Å². The lowest BCUT2D eigenvalue weighted by Gasteiger charge is -2.28. The lowest BCUT2D eigenvalue weighted by molar-refractivity contribution is -0.129. The Morgan fingerprint density at radius 2 is 2.00 bits per heavy atom. The second-order valence-electron chi connectivity index (χ2n) is 5.97. The van der Waals surface area contributed by atoms with Gasteiger partial charge in [-0.3, -0.25) is 4.79 Å². The summed E-state index contributed by atoms with van der Waals surface area (Å²) in [6.45, 7) is 11.1. The van der Waals surface area contributed by atoms with Crippen LogP contribution in [0.15, 0.2) is 0 Å². The van der Waals surface area contributed by atoms with Gasteiger partial charge in [-0.15, -0.1) is 0 Å². The molecule has 1 saturated heterocycles. The van der Waals surface area contributed by atoms with Crippen LogP contribution < -0.4 is 0 Å². The predicted molar refractivity (Wildman–Crippen MR) is 69.1 cm³/mol. The summed E-state index contributed by atoms with van der Waals surface area (Å²) in [6.07, 6.45) is 1.61. The quantitative estimate of drug-likeness (QED) is 0.807. The Hall–Kier alpha value is -1.39. The van der Waals surface area contributed by atoms with Gasteiger partial charge < -0.3 is 4.90 Å². The number of aryl methyl sites for hydroxylation is 1. The zero-order chi connectivity index (χ0) is 13.5. The fourth-order valence-electron chi connectivity index (χ4n) is 2.41. The zero-order valence-corrected chi connectivity index (χ0v) is 11.9. The van der Waals surface area contributed by atoms with E-state index in [0.29, 0.717) is 6.42 Å². The summed E-state index contributed by atoms with van der Waals surface area (Å²) in [6, 6.07) is 0.000394. The Morgan fingerprint density at radius 1 is 1.33 bits per heavy atom. The molecule has 0 spiro atoms. The summed E-state index contributed by atoms with van der Waals surface area (Å²) in [5.74, 6) is 1.87. The number of amides is 1.